The Morgan fingerprint density at radius 1 is 1.11 bits per heavy atom. The molecule has 0 heterocycles. The summed E-state index contributed by atoms with van der Waals surface area (Å²) in [7, 11) is 0. The van der Waals surface area contributed by atoms with Crippen molar-refractivity contribution in [3.63, 3.8) is 0 Å². The molecule has 2 N–H and O–H groups in total. The molecule has 0 spiro atoms. The maximum absolute atomic E-state index is 5.97. The maximum Gasteiger partial charge on any atom is 0.138 e. The quantitative estimate of drug-likeness (QED) is 0.772. The molecule has 0 aliphatic carbocycles. The van der Waals surface area contributed by atoms with Crippen molar-refractivity contribution in [2.45, 2.75) is 26.3 Å². The lowest BCUT2D eigenvalue weighted by atomic mass is 10.1. The van der Waals surface area contributed by atoms with Gasteiger partial charge in [-0.3, -0.25) is 0 Å². The molecule has 0 aliphatic heterocycles. The molecule has 0 radical (unpaired) electrons. The number of halogens is 1. The molecular weight excluding hydrogens is 250 g/mol. The van der Waals surface area contributed by atoms with Gasteiger partial charge in [0.05, 0.1) is 30.3 Å². The Kier molecular flexibility index (Phi) is 6.47. The minimum Gasteiger partial charge on any atom is -0.490 e. The molecule has 0 atom stereocenters. The average Bonchev–Trinajstić information content (AvgIpc) is 2.28. The van der Waals surface area contributed by atoms with Crippen molar-refractivity contribution in [3.05, 3.63) is 29.3 Å². The Balaban J connectivity index is 2.04. The van der Waals surface area contributed by atoms with Crippen molar-refractivity contribution in [2.75, 3.05) is 26.4 Å². The number of rotatable bonds is 7. The maximum atomic E-state index is 5.97. The smallest absolute Gasteiger partial charge is 0.138 e. The van der Waals surface area contributed by atoms with Gasteiger partial charge in [-0.15, -0.1) is 0 Å². The summed E-state index contributed by atoms with van der Waals surface area (Å²) in [6.45, 7) is 9.38. The molecule has 0 aromatic heterocycles. The second-order valence-corrected chi connectivity index (χ2v) is 5.66. The number of nitrogens with two attached hydrogens (primary N) is 1. The Hall–Kier alpha value is -0.770. The van der Waals surface area contributed by atoms with Crippen LogP contribution in [0.1, 0.15) is 20.8 Å². The second kappa shape index (κ2) is 7.62. The molecule has 4 heteroatoms. The monoisotopic (exact) mass is 272 g/mol. The lowest BCUT2D eigenvalue weighted by Crippen LogP contribution is -2.95. The molecule has 18 heavy (non-hydrogen) atoms. The van der Waals surface area contributed by atoms with Gasteiger partial charge in [-0.1, -0.05) is 23.7 Å². The lowest BCUT2D eigenvalue weighted by Gasteiger charge is -2.16. The first-order valence-corrected chi connectivity index (χ1v) is 6.66. The fraction of sp³-hybridized carbons (Fsp3) is 0.571. The summed E-state index contributed by atoms with van der Waals surface area (Å²) in [4.78, 5) is 0. The van der Waals surface area contributed by atoms with E-state index >= 15 is 0 Å². The Labute approximate surface area is 114 Å². The van der Waals surface area contributed by atoms with Gasteiger partial charge >= 0.3 is 0 Å². The molecule has 0 unspecified atom stereocenters. The molecular formula is C14H23ClNO2+. The van der Waals surface area contributed by atoms with Crippen LogP contribution >= 0.6 is 11.6 Å². The lowest BCUT2D eigenvalue weighted by molar-refractivity contribution is -0.718. The highest BCUT2D eigenvalue weighted by molar-refractivity contribution is 6.32. The first-order valence-electron chi connectivity index (χ1n) is 6.28. The second-order valence-electron chi connectivity index (χ2n) is 5.25. The van der Waals surface area contributed by atoms with Gasteiger partial charge < -0.3 is 14.8 Å². The van der Waals surface area contributed by atoms with Gasteiger partial charge in [0.15, 0.2) is 0 Å². The summed E-state index contributed by atoms with van der Waals surface area (Å²) < 4.78 is 11.0. The zero-order chi connectivity index (χ0) is 13.4. The SMILES string of the molecule is CC(C)(C)[NH2+]CCOCCOc1ccccc1Cl. The van der Waals surface area contributed by atoms with E-state index in [4.69, 9.17) is 21.1 Å². The molecule has 0 bridgehead atoms. The van der Waals surface area contributed by atoms with Gasteiger partial charge in [0.25, 0.3) is 0 Å². The summed E-state index contributed by atoms with van der Waals surface area (Å²) in [5, 5.41) is 2.90. The van der Waals surface area contributed by atoms with Gasteiger partial charge in [0, 0.05) is 0 Å². The van der Waals surface area contributed by atoms with E-state index in [0.717, 1.165) is 13.2 Å². The first-order chi connectivity index (χ1) is 8.49. The summed E-state index contributed by atoms with van der Waals surface area (Å²) >= 11 is 5.97. The van der Waals surface area contributed by atoms with Gasteiger partial charge in [-0.25, -0.2) is 0 Å². The van der Waals surface area contributed by atoms with Crippen molar-refractivity contribution in [3.8, 4) is 5.75 Å². The van der Waals surface area contributed by atoms with Crippen LogP contribution in [0.4, 0.5) is 0 Å². The van der Waals surface area contributed by atoms with E-state index in [1.165, 1.54) is 0 Å². The Morgan fingerprint density at radius 3 is 2.50 bits per heavy atom. The van der Waals surface area contributed by atoms with Crippen molar-refractivity contribution in [1.82, 2.24) is 0 Å². The van der Waals surface area contributed by atoms with Crippen molar-refractivity contribution >= 4 is 11.6 Å². The third-order valence-electron chi connectivity index (χ3n) is 2.34. The van der Waals surface area contributed by atoms with E-state index in [2.05, 4.69) is 26.1 Å². The molecule has 1 aromatic carbocycles. The highest BCUT2D eigenvalue weighted by Gasteiger charge is 2.11. The van der Waals surface area contributed by atoms with Crippen LogP contribution in [-0.4, -0.2) is 31.9 Å². The molecule has 0 saturated heterocycles. The van der Waals surface area contributed by atoms with E-state index in [9.17, 15) is 0 Å². The number of hydrogen-bond acceptors (Lipinski definition) is 2. The van der Waals surface area contributed by atoms with Gasteiger partial charge in [-0.2, -0.15) is 0 Å². The molecule has 0 fully saturated rings. The third-order valence-corrected chi connectivity index (χ3v) is 2.65. The number of hydrogen-bond donors (Lipinski definition) is 1. The zero-order valence-electron chi connectivity index (χ0n) is 11.4. The third kappa shape index (κ3) is 6.84. The van der Waals surface area contributed by atoms with Crippen LogP contribution < -0.4 is 10.1 Å². The standard InChI is InChI=1S/C14H22ClNO2/c1-14(2,3)16-8-9-17-10-11-18-13-7-5-4-6-12(13)15/h4-7,16H,8-11H2,1-3H3/p+1. The highest BCUT2D eigenvalue weighted by atomic mass is 35.5. The summed E-state index contributed by atoms with van der Waals surface area (Å²) in [6.07, 6.45) is 0. The summed E-state index contributed by atoms with van der Waals surface area (Å²) in [6, 6.07) is 7.46. The average molecular weight is 273 g/mol. The van der Waals surface area contributed by atoms with Crippen LogP contribution in [0.2, 0.25) is 5.02 Å². The van der Waals surface area contributed by atoms with E-state index in [1.807, 2.05) is 24.3 Å². The van der Waals surface area contributed by atoms with E-state index < -0.39 is 0 Å². The Morgan fingerprint density at radius 2 is 1.83 bits per heavy atom. The van der Waals surface area contributed by atoms with Crippen molar-refractivity contribution in [1.29, 1.82) is 0 Å². The molecule has 0 amide bonds. The van der Waals surface area contributed by atoms with Gasteiger partial charge in [0.1, 0.15) is 12.4 Å². The van der Waals surface area contributed by atoms with Gasteiger partial charge in [-0.05, 0) is 32.9 Å². The molecule has 1 aromatic rings. The molecule has 102 valence electrons. The van der Waals surface area contributed by atoms with Crippen molar-refractivity contribution in [2.24, 2.45) is 0 Å². The number of quaternary nitrogens is 1. The molecule has 1 rings (SSSR count). The highest BCUT2D eigenvalue weighted by Crippen LogP contribution is 2.22. The van der Waals surface area contributed by atoms with E-state index in [0.29, 0.717) is 24.0 Å². The Bertz CT molecular complexity index is 350. The van der Waals surface area contributed by atoms with Crippen LogP contribution in [0.3, 0.4) is 0 Å². The normalized spacial score (nSPS) is 11.6. The summed E-state index contributed by atoms with van der Waals surface area (Å²) in [5.41, 5.74) is 0.261. The van der Waals surface area contributed by atoms with Crippen molar-refractivity contribution < 1.29 is 14.8 Å². The van der Waals surface area contributed by atoms with Crippen LogP contribution in [-0.2, 0) is 4.74 Å². The van der Waals surface area contributed by atoms with Crippen LogP contribution in [0.15, 0.2) is 24.3 Å². The largest absolute Gasteiger partial charge is 0.490 e. The number of para-hydroxylation sites is 1. The molecule has 3 nitrogen and oxygen atoms in total. The number of ether oxygens (including phenoxy) is 2. The van der Waals surface area contributed by atoms with E-state index in [1.54, 1.807) is 0 Å². The minimum absolute atomic E-state index is 0.261. The fourth-order valence-electron chi connectivity index (χ4n) is 1.45. The zero-order valence-corrected chi connectivity index (χ0v) is 12.2. The van der Waals surface area contributed by atoms with Gasteiger partial charge in [0.2, 0.25) is 0 Å². The van der Waals surface area contributed by atoms with Crippen LogP contribution in [0.25, 0.3) is 0 Å². The van der Waals surface area contributed by atoms with Crippen LogP contribution in [0.5, 0.6) is 5.75 Å². The molecule has 0 aliphatic rings. The predicted octanol–water partition coefficient (Wildman–Crippen LogP) is 2.10. The van der Waals surface area contributed by atoms with Crippen LogP contribution in [0, 0.1) is 0 Å². The topological polar surface area (TPSA) is 35.1 Å². The first kappa shape index (κ1) is 15.3. The predicted molar refractivity (Wildman–Crippen MR) is 74.3 cm³/mol. The van der Waals surface area contributed by atoms with E-state index in [-0.39, 0.29) is 5.54 Å². The summed E-state index contributed by atoms with van der Waals surface area (Å²) in [5.74, 6) is 0.712. The molecule has 0 saturated carbocycles. The minimum atomic E-state index is 0.261. The number of benzene rings is 1. The fourth-order valence-corrected chi connectivity index (χ4v) is 1.64.